The highest BCUT2D eigenvalue weighted by Crippen LogP contribution is 2.42. The molecule has 2 aromatic carbocycles. The number of hydrogen-bond donors (Lipinski definition) is 2. The molecular weight excluding hydrogens is 485 g/mol. The monoisotopic (exact) mass is 507 g/mol. The van der Waals surface area contributed by atoms with Gasteiger partial charge in [0.25, 0.3) is 0 Å². The highest BCUT2D eigenvalue weighted by Gasteiger charge is 2.42. The van der Waals surface area contributed by atoms with Crippen molar-refractivity contribution < 1.29 is 12.8 Å². The quantitative estimate of drug-likeness (QED) is 0.373. The van der Waals surface area contributed by atoms with Crippen LogP contribution in [0.15, 0.2) is 91.3 Å². The Morgan fingerprint density at radius 2 is 1.74 bits per heavy atom. The zero-order valence-electron chi connectivity index (χ0n) is 18.7. The minimum absolute atomic E-state index is 0.307. The summed E-state index contributed by atoms with van der Waals surface area (Å²) in [5, 5.41) is 3.86. The molecule has 4 aromatic rings. The minimum Gasteiger partial charge on any atom is -0.351 e. The summed E-state index contributed by atoms with van der Waals surface area (Å²) in [6, 6.07) is 22.4. The molecule has 0 saturated carbocycles. The minimum atomic E-state index is -3.40. The Balaban J connectivity index is 1.62. The standard InChI is InChI=1S/C25H22FN5O2S2/c1-35(32,33)29-17-11-13-18(14-12-17)31-24(23(28-25(31)34)20-8-4-5-15-27-20)22-10-6-16-30(22)21-9-3-2-7-19(21)26/h2-16,23-24,29H,1H3,(H,28,34)/t23-,24-/m1/s1. The Kier molecular flexibility index (Phi) is 6.00. The lowest BCUT2D eigenvalue weighted by Crippen LogP contribution is -2.30. The first-order valence-electron chi connectivity index (χ1n) is 10.8. The van der Waals surface area contributed by atoms with E-state index in [1.165, 1.54) is 6.07 Å². The van der Waals surface area contributed by atoms with Gasteiger partial charge in [0, 0.05) is 29.5 Å². The molecular formula is C25H22FN5O2S2. The van der Waals surface area contributed by atoms with Crippen LogP contribution in [-0.2, 0) is 10.0 Å². The van der Waals surface area contributed by atoms with Crippen LogP contribution in [0.2, 0.25) is 0 Å². The van der Waals surface area contributed by atoms with Gasteiger partial charge in [0.1, 0.15) is 11.9 Å². The number of thiocarbonyl (C=S) groups is 1. The first kappa shape index (κ1) is 23.0. The molecule has 0 spiro atoms. The molecule has 5 rings (SSSR count). The lowest BCUT2D eigenvalue weighted by atomic mass is 10.0. The van der Waals surface area contributed by atoms with Crippen molar-refractivity contribution in [3.8, 4) is 5.69 Å². The Morgan fingerprint density at radius 3 is 2.43 bits per heavy atom. The molecule has 178 valence electrons. The van der Waals surface area contributed by atoms with Gasteiger partial charge in [-0.15, -0.1) is 0 Å². The number of nitrogens with one attached hydrogen (secondary N) is 2. The largest absolute Gasteiger partial charge is 0.351 e. The van der Waals surface area contributed by atoms with E-state index in [2.05, 4.69) is 15.0 Å². The van der Waals surface area contributed by atoms with E-state index in [4.69, 9.17) is 12.2 Å². The van der Waals surface area contributed by atoms with Crippen molar-refractivity contribution in [1.29, 1.82) is 0 Å². The van der Waals surface area contributed by atoms with Crippen molar-refractivity contribution in [3.05, 3.63) is 108 Å². The molecule has 1 saturated heterocycles. The molecule has 1 aliphatic rings. The molecule has 35 heavy (non-hydrogen) atoms. The molecule has 2 aromatic heterocycles. The smallest absolute Gasteiger partial charge is 0.229 e. The maximum Gasteiger partial charge on any atom is 0.229 e. The Hall–Kier alpha value is -3.76. The number of aromatic nitrogens is 2. The van der Waals surface area contributed by atoms with Crippen LogP contribution >= 0.6 is 12.2 Å². The van der Waals surface area contributed by atoms with E-state index < -0.39 is 10.0 Å². The van der Waals surface area contributed by atoms with Gasteiger partial charge >= 0.3 is 0 Å². The van der Waals surface area contributed by atoms with E-state index in [-0.39, 0.29) is 17.9 Å². The van der Waals surface area contributed by atoms with Gasteiger partial charge in [-0.3, -0.25) is 9.71 Å². The molecule has 0 unspecified atom stereocenters. The second-order valence-corrected chi connectivity index (χ2v) is 10.3. The number of rotatable bonds is 6. The first-order valence-corrected chi connectivity index (χ1v) is 13.1. The summed E-state index contributed by atoms with van der Waals surface area (Å²) in [6.07, 6.45) is 4.65. The average Bonchev–Trinajstić information content (AvgIpc) is 3.44. The molecule has 0 radical (unpaired) electrons. The van der Waals surface area contributed by atoms with E-state index in [1.54, 1.807) is 48.7 Å². The van der Waals surface area contributed by atoms with Crippen molar-refractivity contribution in [3.63, 3.8) is 0 Å². The van der Waals surface area contributed by atoms with Gasteiger partial charge in [-0.05, 0) is 72.9 Å². The van der Waals surface area contributed by atoms with E-state index in [1.807, 2.05) is 46.0 Å². The third kappa shape index (κ3) is 4.62. The third-order valence-corrected chi connectivity index (χ3v) is 6.66. The molecule has 7 nitrogen and oxygen atoms in total. The third-order valence-electron chi connectivity index (χ3n) is 5.74. The van der Waals surface area contributed by atoms with Gasteiger partial charge in [0.05, 0.1) is 23.7 Å². The Morgan fingerprint density at radius 1 is 1.00 bits per heavy atom. The number of benzene rings is 2. The van der Waals surface area contributed by atoms with Gasteiger partial charge in [0.15, 0.2) is 5.11 Å². The summed E-state index contributed by atoms with van der Waals surface area (Å²) in [4.78, 5) is 6.50. The van der Waals surface area contributed by atoms with Gasteiger partial charge in [-0.25, -0.2) is 12.8 Å². The van der Waals surface area contributed by atoms with Crippen LogP contribution in [0.25, 0.3) is 5.69 Å². The van der Waals surface area contributed by atoms with Gasteiger partial charge in [-0.1, -0.05) is 18.2 Å². The summed E-state index contributed by atoms with van der Waals surface area (Å²) < 4.78 is 42.3. The molecule has 10 heteroatoms. The fourth-order valence-corrected chi connectivity index (χ4v) is 5.25. The van der Waals surface area contributed by atoms with Crippen LogP contribution in [0.5, 0.6) is 0 Å². The van der Waals surface area contributed by atoms with Gasteiger partial charge < -0.3 is 14.8 Å². The maximum atomic E-state index is 14.8. The molecule has 1 aliphatic heterocycles. The first-order chi connectivity index (χ1) is 16.8. The summed E-state index contributed by atoms with van der Waals surface area (Å²) >= 11 is 5.75. The fourth-order valence-electron chi connectivity index (χ4n) is 4.34. The van der Waals surface area contributed by atoms with Crippen LogP contribution in [0.1, 0.15) is 23.5 Å². The van der Waals surface area contributed by atoms with Gasteiger partial charge in [0.2, 0.25) is 10.0 Å². The van der Waals surface area contributed by atoms with Crippen LogP contribution < -0.4 is 14.9 Å². The fraction of sp³-hybridized carbons (Fsp3) is 0.120. The van der Waals surface area contributed by atoms with Crippen molar-refractivity contribution in [2.24, 2.45) is 0 Å². The summed E-state index contributed by atoms with van der Waals surface area (Å²) in [5.41, 5.74) is 3.24. The van der Waals surface area contributed by atoms with E-state index in [9.17, 15) is 12.8 Å². The van der Waals surface area contributed by atoms with E-state index in [0.717, 1.165) is 23.3 Å². The SMILES string of the molecule is CS(=O)(=O)Nc1ccc(N2C(=S)N[C@H](c3ccccn3)[C@H]2c2cccn2-c2ccccc2F)cc1. The second kappa shape index (κ2) is 9.12. The highest BCUT2D eigenvalue weighted by atomic mass is 32.2. The number of hydrogen-bond acceptors (Lipinski definition) is 4. The highest BCUT2D eigenvalue weighted by molar-refractivity contribution is 7.92. The predicted octanol–water partition coefficient (Wildman–Crippen LogP) is 4.56. The Bertz CT molecular complexity index is 1470. The molecule has 0 aliphatic carbocycles. The van der Waals surface area contributed by atoms with Crippen LogP contribution in [0.3, 0.4) is 0 Å². The zero-order chi connectivity index (χ0) is 24.6. The second-order valence-electron chi connectivity index (χ2n) is 8.17. The molecule has 1 fully saturated rings. The van der Waals surface area contributed by atoms with Crippen molar-refractivity contribution in [2.75, 3.05) is 15.9 Å². The number of nitrogens with zero attached hydrogens (tertiary/aromatic N) is 3. The topological polar surface area (TPSA) is 79.3 Å². The van der Waals surface area contributed by atoms with E-state index in [0.29, 0.717) is 16.5 Å². The molecule has 0 bridgehead atoms. The maximum absolute atomic E-state index is 14.8. The van der Waals surface area contributed by atoms with Gasteiger partial charge in [-0.2, -0.15) is 0 Å². The summed E-state index contributed by atoms with van der Waals surface area (Å²) in [6.45, 7) is 0. The average molecular weight is 508 g/mol. The summed E-state index contributed by atoms with van der Waals surface area (Å²) in [5.74, 6) is -0.337. The van der Waals surface area contributed by atoms with Crippen molar-refractivity contribution in [2.45, 2.75) is 12.1 Å². The van der Waals surface area contributed by atoms with Crippen LogP contribution in [0.4, 0.5) is 15.8 Å². The lowest BCUT2D eigenvalue weighted by molar-refractivity contribution is 0.544. The van der Waals surface area contributed by atoms with E-state index >= 15 is 0 Å². The molecule has 3 heterocycles. The Labute approximate surface area is 208 Å². The zero-order valence-corrected chi connectivity index (χ0v) is 20.3. The molecule has 2 atom stereocenters. The number of para-hydroxylation sites is 1. The predicted molar refractivity (Wildman–Crippen MR) is 139 cm³/mol. The summed E-state index contributed by atoms with van der Waals surface area (Å²) in [7, 11) is -3.40. The lowest BCUT2D eigenvalue weighted by Gasteiger charge is -2.29. The number of sulfonamides is 1. The van der Waals surface area contributed by atoms with Crippen LogP contribution in [-0.4, -0.2) is 29.3 Å². The van der Waals surface area contributed by atoms with Crippen LogP contribution in [0, 0.1) is 5.82 Å². The normalized spacial score (nSPS) is 17.9. The van der Waals surface area contributed by atoms with Crippen molar-refractivity contribution in [1.82, 2.24) is 14.9 Å². The number of halogens is 1. The molecule has 2 N–H and O–H groups in total. The number of anilines is 2. The number of pyridine rings is 1. The molecule has 0 amide bonds. The van der Waals surface area contributed by atoms with Crippen molar-refractivity contribution >= 4 is 38.7 Å².